The van der Waals surface area contributed by atoms with E-state index in [0.29, 0.717) is 24.2 Å². The van der Waals surface area contributed by atoms with Crippen LogP contribution in [0.5, 0.6) is 5.75 Å². The molecule has 0 aromatic heterocycles. The highest BCUT2D eigenvalue weighted by Crippen LogP contribution is 2.36. The van der Waals surface area contributed by atoms with Gasteiger partial charge in [-0.05, 0) is 72.6 Å². The summed E-state index contributed by atoms with van der Waals surface area (Å²) in [7, 11) is 2.15. The van der Waals surface area contributed by atoms with Gasteiger partial charge in [0.15, 0.2) is 5.78 Å². The van der Waals surface area contributed by atoms with Crippen molar-refractivity contribution < 1.29 is 19.5 Å². The molecule has 1 fully saturated rings. The summed E-state index contributed by atoms with van der Waals surface area (Å²) >= 11 is 0. The van der Waals surface area contributed by atoms with Gasteiger partial charge in [0.05, 0.1) is 5.56 Å². The summed E-state index contributed by atoms with van der Waals surface area (Å²) in [6.45, 7) is 9.37. The van der Waals surface area contributed by atoms with E-state index in [2.05, 4.69) is 55.6 Å². The number of phenols is 1. The van der Waals surface area contributed by atoms with Crippen LogP contribution >= 0.6 is 0 Å². The smallest absolute Gasteiger partial charge is 0.319 e. The van der Waals surface area contributed by atoms with Crippen LogP contribution in [-0.4, -0.2) is 58.4 Å². The molecular weight excluding hydrogens is 480 g/mol. The second-order valence-electron chi connectivity index (χ2n) is 11.5. The number of likely N-dealkylation sites (tertiary alicyclic amines) is 1. The molecule has 0 unspecified atom stereocenters. The highest BCUT2D eigenvalue weighted by Gasteiger charge is 2.43. The van der Waals surface area contributed by atoms with E-state index in [0.717, 1.165) is 32.1 Å². The molecule has 1 heterocycles. The molecule has 1 aliphatic heterocycles. The lowest BCUT2D eigenvalue weighted by molar-refractivity contribution is -0.123. The first-order valence-electron chi connectivity index (χ1n) is 13.4. The Morgan fingerprint density at radius 2 is 1.61 bits per heavy atom. The predicted octanol–water partition coefficient (Wildman–Crippen LogP) is 5.07. The lowest BCUT2D eigenvalue weighted by atomic mass is 9.77. The molecule has 0 spiro atoms. The van der Waals surface area contributed by atoms with Crippen molar-refractivity contribution in [2.24, 2.45) is 0 Å². The summed E-state index contributed by atoms with van der Waals surface area (Å²) in [5.41, 5.74) is 1.11. The zero-order valence-electron chi connectivity index (χ0n) is 23.3. The van der Waals surface area contributed by atoms with E-state index in [-0.39, 0.29) is 40.1 Å². The summed E-state index contributed by atoms with van der Waals surface area (Å²) < 4.78 is 0. The average molecular weight is 523 g/mol. The van der Waals surface area contributed by atoms with Crippen LogP contribution in [-0.2, 0) is 4.79 Å². The molecule has 8 heteroatoms. The van der Waals surface area contributed by atoms with Crippen molar-refractivity contribution in [1.29, 1.82) is 0 Å². The highest BCUT2D eigenvalue weighted by molar-refractivity contribution is 6.11. The van der Waals surface area contributed by atoms with Crippen molar-refractivity contribution in [1.82, 2.24) is 15.5 Å². The average Bonchev–Trinajstić information content (AvgIpc) is 2.84. The molecule has 1 aliphatic rings. The van der Waals surface area contributed by atoms with Crippen molar-refractivity contribution in [3.05, 3.63) is 59.7 Å². The topological polar surface area (TPSA) is 111 Å². The molecule has 3 amide bonds. The van der Waals surface area contributed by atoms with E-state index < -0.39 is 6.03 Å². The molecule has 0 radical (unpaired) electrons. The number of hydrogen-bond acceptors (Lipinski definition) is 5. The van der Waals surface area contributed by atoms with Crippen LogP contribution in [0.3, 0.4) is 0 Å². The number of carbonyl (C=O) groups excluding carboxylic acids is 3. The Bertz CT molecular complexity index is 1110. The van der Waals surface area contributed by atoms with Gasteiger partial charge in [-0.15, -0.1) is 0 Å². The third-order valence-corrected chi connectivity index (χ3v) is 7.58. The van der Waals surface area contributed by atoms with Gasteiger partial charge in [-0.1, -0.05) is 36.8 Å². The molecule has 0 aliphatic carbocycles. The van der Waals surface area contributed by atoms with Gasteiger partial charge in [-0.25, -0.2) is 4.79 Å². The van der Waals surface area contributed by atoms with Gasteiger partial charge in [0.1, 0.15) is 5.75 Å². The number of nitrogens with one attached hydrogen (secondary N) is 3. The fraction of sp³-hybridized carbons (Fsp3) is 0.500. The first kappa shape index (κ1) is 29.2. The number of urea groups is 1. The summed E-state index contributed by atoms with van der Waals surface area (Å²) in [6, 6.07) is 12.9. The van der Waals surface area contributed by atoms with E-state index in [1.807, 2.05) is 6.07 Å². The maximum atomic E-state index is 12.5. The largest absolute Gasteiger partial charge is 0.507 e. The second kappa shape index (κ2) is 12.4. The van der Waals surface area contributed by atoms with Gasteiger partial charge >= 0.3 is 6.03 Å². The Kier molecular flexibility index (Phi) is 9.55. The molecule has 3 rings (SSSR count). The molecule has 8 nitrogen and oxygen atoms in total. The molecule has 0 atom stereocenters. The molecule has 2 aromatic carbocycles. The van der Waals surface area contributed by atoms with Gasteiger partial charge in [0, 0.05) is 47.4 Å². The molecular formula is C30H42N4O4. The lowest BCUT2D eigenvalue weighted by Crippen LogP contribution is -2.62. The zero-order valence-corrected chi connectivity index (χ0v) is 23.3. The number of carbonyl (C=O) groups is 3. The number of nitrogens with zero attached hydrogens (tertiary/aromatic N) is 1. The zero-order chi connectivity index (χ0) is 27.9. The van der Waals surface area contributed by atoms with Crippen LogP contribution in [0.25, 0.3) is 0 Å². The monoisotopic (exact) mass is 522 g/mol. The van der Waals surface area contributed by atoms with E-state index in [4.69, 9.17) is 0 Å². The molecule has 1 saturated heterocycles. The van der Waals surface area contributed by atoms with Gasteiger partial charge in [-0.3, -0.25) is 14.5 Å². The molecule has 2 aromatic rings. The summed E-state index contributed by atoms with van der Waals surface area (Å²) in [6.07, 6.45) is 4.69. The van der Waals surface area contributed by atoms with Crippen LogP contribution in [0.4, 0.5) is 10.5 Å². The summed E-state index contributed by atoms with van der Waals surface area (Å²) in [5, 5.41) is 19.0. The predicted molar refractivity (Wildman–Crippen MR) is 151 cm³/mol. The maximum absolute atomic E-state index is 12.5. The Balaban J connectivity index is 1.33. The van der Waals surface area contributed by atoms with Crippen molar-refractivity contribution in [3.8, 4) is 5.75 Å². The Morgan fingerprint density at radius 3 is 2.24 bits per heavy atom. The number of unbranched alkanes of at least 4 members (excludes halogenated alkanes) is 2. The number of phenolic OH excluding ortho intramolecular Hbond substituents is 1. The molecule has 4 N–H and O–H groups in total. The van der Waals surface area contributed by atoms with Crippen molar-refractivity contribution in [3.63, 3.8) is 0 Å². The first-order chi connectivity index (χ1) is 17.9. The normalized spacial score (nSPS) is 17.0. The molecule has 38 heavy (non-hydrogen) atoms. The van der Waals surface area contributed by atoms with E-state index in [9.17, 15) is 19.5 Å². The SMILES string of the molecule is CN1C(C)(C)CC(NC(=O)CCCCCNC(=O)Nc2ccc(C(=O)c3ccccc3)c(O)c2)CC1(C)C. The Morgan fingerprint density at radius 1 is 0.947 bits per heavy atom. The molecule has 0 saturated carbocycles. The lowest BCUT2D eigenvalue weighted by Gasteiger charge is -2.53. The fourth-order valence-corrected chi connectivity index (χ4v) is 5.28. The minimum absolute atomic E-state index is 0.0340. The fourth-order valence-electron chi connectivity index (χ4n) is 5.28. The molecule has 206 valence electrons. The van der Waals surface area contributed by atoms with Gasteiger partial charge in [0.2, 0.25) is 5.91 Å². The third-order valence-electron chi connectivity index (χ3n) is 7.58. The minimum atomic E-state index is -0.392. The molecule has 0 bridgehead atoms. The van der Waals surface area contributed by atoms with Gasteiger partial charge in [-0.2, -0.15) is 0 Å². The number of rotatable bonds is 10. The van der Waals surface area contributed by atoms with Crippen LogP contribution < -0.4 is 16.0 Å². The first-order valence-corrected chi connectivity index (χ1v) is 13.4. The Hall–Kier alpha value is -3.39. The summed E-state index contributed by atoms with van der Waals surface area (Å²) in [5.74, 6) is -0.389. The summed E-state index contributed by atoms with van der Waals surface area (Å²) in [4.78, 5) is 39.6. The van der Waals surface area contributed by atoms with Gasteiger partial charge in [0.25, 0.3) is 0 Å². The highest BCUT2D eigenvalue weighted by atomic mass is 16.3. The van der Waals surface area contributed by atoms with Crippen LogP contribution in [0, 0.1) is 0 Å². The third kappa shape index (κ3) is 7.81. The number of hydrogen-bond donors (Lipinski definition) is 4. The second-order valence-corrected chi connectivity index (χ2v) is 11.5. The van der Waals surface area contributed by atoms with Crippen molar-refractivity contribution >= 4 is 23.4 Å². The number of ketones is 1. The van der Waals surface area contributed by atoms with Crippen molar-refractivity contribution in [2.75, 3.05) is 18.9 Å². The number of aromatic hydroxyl groups is 1. The number of anilines is 1. The Labute approximate surface area is 226 Å². The van der Waals surface area contributed by atoms with Gasteiger partial charge < -0.3 is 21.1 Å². The van der Waals surface area contributed by atoms with Crippen LogP contribution in [0.15, 0.2) is 48.5 Å². The minimum Gasteiger partial charge on any atom is -0.507 e. The number of benzene rings is 2. The van der Waals surface area contributed by atoms with Crippen LogP contribution in [0.2, 0.25) is 0 Å². The standard InChI is InChI=1S/C30H42N4O4/c1-29(2)19-23(20-30(3,4)34(29)5)32-26(36)14-10-7-11-17-31-28(38)33-22-15-16-24(25(35)18-22)27(37)21-12-8-6-9-13-21/h6,8-9,12-13,15-16,18,23,35H,7,10-11,14,17,19-20H2,1-5H3,(H,32,36)(H2,31,33,38). The van der Waals surface area contributed by atoms with E-state index in [1.165, 1.54) is 12.1 Å². The van der Waals surface area contributed by atoms with E-state index in [1.54, 1.807) is 30.3 Å². The van der Waals surface area contributed by atoms with E-state index >= 15 is 0 Å². The van der Waals surface area contributed by atoms with Crippen LogP contribution in [0.1, 0.15) is 82.1 Å². The number of piperidine rings is 1. The quantitative estimate of drug-likeness (QED) is 0.257. The van der Waals surface area contributed by atoms with Crippen molar-refractivity contribution in [2.45, 2.75) is 83.3 Å². The maximum Gasteiger partial charge on any atom is 0.319 e. The number of amides is 3.